The molecule has 0 aliphatic carbocycles. The molecule has 1 aliphatic heterocycles. The standard InChI is InChI=1S/C32H38N4O3/c1-32(2,33)17-9-14-29(37)35(3)28(22-24-15-16-25-12-7-8-13-26(25)20-24)31(39)36-19-18-34-30(38)27(36)21-23-10-5-4-6-11-23/h4-16,20,27-28H,17-19,21-22,33H2,1-3H3,(H,34,38)/b14-9+. The molecule has 0 radical (unpaired) electrons. The maximum Gasteiger partial charge on any atom is 0.246 e. The second kappa shape index (κ2) is 12.3. The molecule has 1 saturated heterocycles. The number of fused-ring (bicyclic) bond motifs is 1. The van der Waals surface area contributed by atoms with E-state index in [1.165, 1.54) is 11.0 Å². The first kappa shape index (κ1) is 28.0. The van der Waals surface area contributed by atoms with Crippen molar-refractivity contribution >= 4 is 28.5 Å². The molecule has 2 atom stereocenters. The van der Waals surface area contributed by atoms with Gasteiger partial charge in [0.05, 0.1) is 0 Å². The Hall–Kier alpha value is -3.97. The van der Waals surface area contributed by atoms with Crippen molar-refractivity contribution in [2.45, 2.75) is 50.7 Å². The first-order valence-electron chi connectivity index (χ1n) is 13.4. The molecule has 4 rings (SSSR count). The number of nitrogens with two attached hydrogens (primary N) is 1. The zero-order chi connectivity index (χ0) is 28.0. The summed E-state index contributed by atoms with van der Waals surface area (Å²) < 4.78 is 0. The van der Waals surface area contributed by atoms with Crippen LogP contribution < -0.4 is 11.1 Å². The van der Waals surface area contributed by atoms with E-state index in [-0.39, 0.29) is 17.7 Å². The van der Waals surface area contributed by atoms with Gasteiger partial charge >= 0.3 is 0 Å². The van der Waals surface area contributed by atoms with Crippen LogP contribution in [0.4, 0.5) is 0 Å². The molecule has 3 aromatic carbocycles. The van der Waals surface area contributed by atoms with Gasteiger partial charge in [-0.25, -0.2) is 0 Å². The van der Waals surface area contributed by atoms with Gasteiger partial charge in [-0.05, 0) is 48.2 Å². The average molecular weight is 527 g/mol. The fourth-order valence-corrected chi connectivity index (χ4v) is 4.92. The van der Waals surface area contributed by atoms with E-state index in [2.05, 4.69) is 11.4 Å². The van der Waals surface area contributed by atoms with Crippen molar-refractivity contribution in [1.29, 1.82) is 0 Å². The Balaban J connectivity index is 1.64. The molecule has 1 heterocycles. The van der Waals surface area contributed by atoms with Crippen molar-refractivity contribution in [2.75, 3.05) is 20.1 Å². The molecule has 3 N–H and O–H groups in total. The van der Waals surface area contributed by atoms with E-state index in [4.69, 9.17) is 5.73 Å². The summed E-state index contributed by atoms with van der Waals surface area (Å²) in [6.45, 7) is 4.55. The summed E-state index contributed by atoms with van der Waals surface area (Å²) in [5.74, 6) is -0.691. The minimum absolute atomic E-state index is 0.179. The Morgan fingerprint density at radius 2 is 1.74 bits per heavy atom. The number of amides is 3. The highest BCUT2D eigenvalue weighted by Crippen LogP contribution is 2.21. The number of nitrogens with zero attached hydrogens (tertiary/aromatic N) is 2. The molecule has 0 bridgehead atoms. The van der Waals surface area contributed by atoms with Gasteiger partial charge in [-0.15, -0.1) is 0 Å². The summed E-state index contributed by atoms with van der Waals surface area (Å²) in [5, 5.41) is 5.08. The lowest BCUT2D eigenvalue weighted by Crippen LogP contribution is -2.62. The summed E-state index contributed by atoms with van der Waals surface area (Å²) in [5.41, 5.74) is 7.54. The Kier molecular flexibility index (Phi) is 8.82. The van der Waals surface area contributed by atoms with Gasteiger partial charge in [0.25, 0.3) is 0 Å². The Morgan fingerprint density at radius 3 is 2.46 bits per heavy atom. The normalized spacial score (nSPS) is 16.8. The van der Waals surface area contributed by atoms with Crippen molar-refractivity contribution in [1.82, 2.24) is 15.1 Å². The maximum absolute atomic E-state index is 14.2. The van der Waals surface area contributed by atoms with Crippen LogP contribution in [0.15, 0.2) is 84.9 Å². The lowest BCUT2D eigenvalue weighted by Gasteiger charge is -2.39. The van der Waals surface area contributed by atoms with Gasteiger partial charge in [0.1, 0.15) is 12.1 Å². The van der Waals surface area contributed by atoms with Gasteiger partial charge in [-0.2, -0.15) is 0 Å². The maximum atomic E-state index is 14.2. The molecule has 7 nitrogen and oxygen atoms in total. The molecule has 7 heteroatoms. The van der Waals surface area contributed by atoms with Crippen molar-refractivity contribution in [3.05, 3.63) is 96.1 Å². The topological polar surface area (TPSA) is 95.7 Å². The Morgan fingerprint density at radius 1 is 1.05 bits per heavy atom. The molecule has 0 saturated carbocycles. The largest absolute Gasteiger partial charge is 0.353 e. The minimum atomic E-state index is -0.779. The lowest BCUT2D eigenvalue weighted by atomic mass is 9.97. The summed E-state index contributed by atoms with van der Waals surface area (Å²) in [6, 6.07) is 22.4. The average Bonchev–Trinajstić information content (AvgIpc) is 2.92. The lowest BCUT2D eigenvalue weighted by molar-refractivity contribution is -0.149. The molecule has 39 heavy (non-hydrogen) atoms. The molecule has 3 aromatic rings. The monoisotopic (exact) mass is 526 g/mol. The Labute approximate surface area is 230 Å². The number of rotatable bonds is 9. The van der Waals surface area contributed by atoms with Crippen LogP contribution in [0.2, 0.25) is 0 Å². The zero-order valence-corrected chi connectivity index (χ0v) is 23.0. The highest BCUT2D eigenvalue weighted by Gasteiger charge is 2.38. The summed E-state index contributed by atoms with van der Waals surface area (Å²) in [4.78, 5) is 43.6. The predicted molar refractivity (Wildman–Crippen MR) is 155 cm³/mol. The molecule has 0 spiro atoms. The van der Waals surface area contributed by atoms with Crippen LogP contribution in [-0.4, -0.2) is 65.3 Å². The van der Waals surface area contributed by atoms with Crippen LogP contribution in [-0.2, 0) is 27.2 Å². The van der Waals surface area contributed by atoms with E-state index >= 15 is 0 Å². The number of nitrogens with one attached hydrogen (secondary N) is 1. The van der Waals surface area contributed by atoms with E-state index in [0.717, 1.165) is 21.9 Å². The first-order chi connectivity index (χ1) is 18.6. The predicted octanol–water partition coefficient (Wildman–Crippen LogP) is 3.46. The van der Waals surface area contributed by atoms with Crippen molar-refractivity contribution in [3.8, 4) is 0 Å². The van der Waals surface area contributed by atoms with Crippen LogP contribution in [0.25, 0.3) is 10.8 Å². The quantitative estimate of drug-likeness (QED) is 0.418. The van der Waals surface area contributed by atoms with Crippen LogP contribution in [0.1, 0.15) is 31.4 Å². The SMILES string of the molecule is CN(C(=O)/C=C/CC(C)(C)N)C(Cc1ccc2ccccc2c1)C(=O)N1CCNC(=O)C1Cc1ccccc1. The molecular formula is C32H38N4O3. The zero-order valence-electron chi connectivity index (χ0n) is 23.0. The number of piperazine rings is 1. The van der Waals surface area contributed by atoms with Crippen LogP contribution >= 0.6 is 0 Å². The third-order valence-corrected chi connectivity index (χ3v) is 7.13. The molecular weight excluding hydrogens is 488 g/mol. The molecule has 1 fully saturated rings. The number of hydrogen-bond acceptors (Lipinski definition) is 4. The van der Waals surface area contributed by atoms with Crippen molar-refractivity contribution in [2.24, 2.45) is 5.73 Å². The fraction of sp³-hybridized carbons (Fsp3) is 0.344. The van der Waals surface area contributed by atoms with Gasteiger partial charge in [-0.1, -0.05) is 78.9 Å². The van der Waals surface area contributed by atoms with Crippen molar-refractivity contribution in [3.63, 3.8) is 0 Å². The highest BCUT2D eigenvalue weighted by molar-refractivity contribution is 5.95. The summed E-state index contributed by atoms with van der Waals surface area (Å²) >= 11 is 0. The van der Waals surface area contributed by atoms with Gasteiger partial charge in [0.15, 0.2) is 0 Å². The van der Waals surface area contributed by atoms with Crippen LogP contribution in [0.5, 0.6) is 0 Å². The number of hydrogen-bond donors (Lipinski definition) is 2. The van der Waals surface area contributed by atoms with Gasteiger partial charge in [0.2, 0.25) is 17.7 Å². The fourth-order valence-electron chi connectivity index (χ4n) is 4.92. The second-order valence-electron chi connectivity index (χ2n) is 11.0. The molecule has 1 aliphatic rings. The second-order valence-corrected chi connectivity index (χ2v) is 11.0. The summed E-state index contributed by atoms with van der Waals surface area (Å²) in [7, 11) is 1.65. The number of carbonyl (C=O) groups excluding carboxylic acids is 3. The van der Waals surface area contributed by atoms with Crippen LogP contribution in [0.3, 0.4) is 0 Å². The van der Waals surface area contributed by atoms with E-state index in [9.17, 15) is 14.4 Å². The minimum Gasteiger partial charge on any atom is -0.353 e. The number of carbonyl (C=O) groups is 3. The molecule has 0 aromatic heterocycles. The molecule has 3 amide bonds. The van der Waals surface area contributed by atoms with E-state index in [1.54, 1.807) is 18.0 Å². The molecule has 2 unspecified atom stereocenters. The summed E-state index contributed by atoms with van der Waals surface area (Å²) in [6.07, 6.45) is 4.51. The first-order valence-corrected chi connectivity index (χ1v) is 13.4. The molecule has 204 valence electrons. The van der Waals surface area contributed by atoms with Gasteiger partial charge in [-0.3, -0.25) is 14.4 Å². The third kappa shape index (κ3) is 7.33. The van der Waals surface area contributed by atoms with E-state index in [1.807, 2.05) is 80.6 Å². The number of benzene rings is 3. The highest BCUT2D eigenvalue weighted by atomic mass is 16.2. The van der Waals surface area contributed by atoms with Crippen LogP contribution in [0, 0.1) is 0 Å². The van der Waals surface area contributed by atoms with E-state index in [0.29, 0.717) is 32.4 Å². The van der Waals surface area contributed by atoms with E-state index < -0.39 is 17.6 Å². The van der Waals surface area contributed by atoms with Gasteiger partial charge in [0, 0.05) is 38.5 Å². The van der Waals surface area contributed by atoms with Crippen molar-refractivity contribution < 1.29 is 14.4 Å². The number of likely N-dealkylation sites (N-methyl/N-ethyl adjacent to an activating group) is 1. The Bertz CT molecular complexity index is 1350. The smallest absolute Gasteiger partial charge is 0.246 e. The third-order valence-electron chi connectivity index (χ3n) is 7.13. The van der Waals surface area contributed by atoms with Gasteiger partial charge < -0.3 is 20.9 Å².